The average Bonchev–Trinajstić information content (AvgIpc) is 2.54. The molecule has 1 aromatic rings. The van der Waals surface area contributed by atoms with Gasteiger partial charge < -0.3 is 15.2 Å². The number of carbonyl (C=O) groups is 1. The molecule has 116 valence electrons. The number of aromatic nitrogens is 1. The molecular formula is C15H25N5O. The zero-order chi connectivity index (χ0) is 15.2. The van der Waals surface area contributed by atoms with Gasteiger partial charge in [-0.25, -0.2) is 10.8 Å². The lowest BCUT2D eigenvalue weighted by Crippen LogP contribution is -2.48. The number of aryl methyl sites for hydroxylation is 1. The van der Waals surface area contributed by atoms with Crippen LogP contribution in [0.4, 0.5) is 5.82 Å². The molecule has 0 unspecified atom stereocenters. The van der Waals surface area contributed by atoms with Crippen LogP contribution in [-0.2, 0) is 6.42 Å². The SMILES string of the molecule is CCCc1cc(C(=O)N2CCN(CC)CC2)cc(NN)n1. The predicted molar refractivity (Wildman–Crippen MR) is 84.1 cm³/mol. The van der Waals surface area contributed by atoms with Gasteiger partial charge in [-0.2, -0.15) is 0 Å². The molecule has 0 radical (unpaired) electrons. The Kier molecular flexibility index (Phi) is 5.52. The first-order valence-electron chi connectivity index (χ1n) is 7.67. The zero-order valence-corrected chi connectivity index (χ0v) is 12.9. The highest BCUT2D eigenvalue weighted by atomic mass is 16.2. The quantitative estimate of drug-likeness (QED) is 0.627. The molecule has 21 heavy (non-hydrogen) atoms. The Morgan fingerprint density at radius 3 is 2.57 bits per heavy atom. The van der Waals surface area contributed by atoms with Crippen LogP contribution in [0.15, 0.2) is 12.1 Å². The van der Waals surface area contributed by atoms with Crippen LogP contribution in [0.25, 0.3) is 0 Å². The smallest absolute Gasteiger partial charge is 0.254 e. The van der Waals surface area contributed by atoms with Crippen LogP contribution in [0.5, 0.6) is 0 Å². The molecule has 3 N–H and O–H groups in total. The maximum atomic E-state index is 12.6. The summed E-state index contributed by atoms with van der Waals surface area (Å²) in [4.78, 5) is 21.3. The molecule has 0 atom stereocenters. The molecule has 6 nitrogen and oxygen atoms in total. The van der Waals surface area contributed by atoms with Gasteiger partial charge in [0, 0.05) is 37.4 Å². The van der Waals surface area contributed by atoms with Crippen LogP contribution in [-0.4, -0.2) is 53.4 Å². The zero-order valence-electron chi connectivity index (χ0n) is 12.9. The summed E-state index contributed by atoms with van der Waals surface area (Å²) in [6.45, 7) is 8.73. The number of anilines is 1. The number of nitrogen functional groups attached to an aromatic ring is 1. The van der Waals surface area contributed by atoms with Crippen LogP contribution in [0, 0.1) is 0 Å². The van der Waals surface area contributed by atoms with Crippen molar-refractivity contribution in [3.05, 3.63) is 23.4 Å². The van der Waals surface area contributed by atoms with Gasteiger partial charge in [0.15, 0.2) is 0 Å². The fourth-order valence-corrected chi connectivity index (χ4v) is 2.62. The van der Waals surface area contributed by atoms with Crippen molar-refractivity contribution in [1.82, 2.24) is 14.8 Å². The number of carbonyl (C=O) groups excluding carboxylic acids is 1. The van der Waals surface area contributed by atoms with Crippen LogP contribution in [0.2, 0.25) is 0 Å². The van der Waals surface area contributed by atoms with Crippen molar-refractivity contribution < 1.29 is 4.79 Å². The highest BCUT2D eigenvalue weighted by Crippen LogP contribution is 2.15. The third-order valence-electron chi connectivity index (χ3n) is 3.89. The summed E-state index contributed by atoms with van der Waals surface area (Å²) in [5, 5.41) is 0. The summed E-state index contributed by atoms with van der Waals surface area (Å²) in [6.07, 6.45) is 1.84. The van der Waals surface area contributed by atoms with Crippen LogP contribution in [0.3, 0.4) is 0 Å². The van der Waals surface area contributed by atoms with Gasteiger partial charge in [0.2, 0.25) is 0 Å². The lowest BCUT2D eigenvalue weighted by atomic mass is 10.1. The monoisotopic (exact) mass is 291 g/mol. The number of nitrogens with zero attached hydrogens (tertiary/aromatic N) is 3. The molecule has 1 aliphatic heterocycles. The Morgan fingerprint density at radius 1 is 1.29 bits per heavy atom. The van der Waals surface area contributed by atoms with Gasteiger partial charge in [0.05, 0.1) is 0 Å². The van der Waals surface area contributed by atoms with Crippen LogP contribution >= 0.6 is 0 Å². The van der Waals surface area contributed by atoms with E-state index in [0.717, 1.165) is 51.3 Å². The molecule has 0 saturated carbocycles. The summed E-state index contributed by atoms with van der Waals surface area (Å²) in [5.74, 6) is 6.08. The number of nitrogens with one attached hydrogen (secondary N) is 1. The molecule has 2 rings (SSSR count). The van der Waals surface area contributed by atoms with Gasteiger partial charge in [0.1, 0.15) is 5.82 Å². The Hall–Kier alpha value is -1.66. The number of amides is 1. The number of nitrogens with two attached hydrogens (primary N) is 1. The third kappa shape index (κ3) is 3.92. The fraction of sp³-hybridized carbons (Fsp3) is 0.600. The van der Waals surface area contributed by atoms with E-state index in [1.165, 1.54) is 0 Å². The van der Waals surface area contributed by atoms with E-state index in [1.807, 2.05) is 11.0 Å². The minimum Gasteiger partial charge on any atom is -0.336 e. The standard InChI is InChI=1S/C15H25N5O/c1-3-5-13-10-12(11-14(17-13)18-16)15(21)20-8-6-19(4-2)7-9-20/h10-11H,3-9,16H2,1-2H3,(H,17,18). The van der Waals surface area contributed by atoms with E-state index in [-0.39, 0.29) is 5.91 Å². The van der Waals surface area contributed by atoms with E-state index in [1.54, 1.807) is 6.07 Å². The van der Waals surface area contributed by atoms with Crippen molar-refractivity contribution in [3.8, 4) is 0 Å². The molecule has 2 heterocycles. The summed E-state index contributed by atoms with van der Waals surface area (Å²) in [5.41, 5.74) is 4.13. The highest BCUT2D eigenvalue weighted by Gasteiger charge is 2.22. The van der Waals surface area contributed by atoms with Gasteiger partial charge in [-0.1, -0.05) is 20.3 Å². The Labute approximate surface area is 126 Å². The molecule has 0 spiro atoms. The highest BCUT2D eigenvalue weighted by molar-refractivity contribution is 5.95. The van der Waals surface area contributed by atoms with E-state index in [4.69, 9.17) is 5.84 Å². The summed E-state index contributed by atoms with van der Waals surface area (Å²) in [7, 11) is 0. The lowest BCUT2D eigenvalue weighted by Gasteiger charge is -2.34. The molecule has 1 aromatic heterocycles. The number of likely N-dealkylation sites (N-methyl/N-ethyl adjacent to an activating group) is 1. The Bertz CT molecular complexity index is 483. The number of piperazine rings is 1. The van der Waals surface area contributed by atoms with Crippen molar-refractivity contribution in [1.29, 1.82) is 0 Å². The molecule has 1 amide bonds. The van der Waals surface area contributed by atoms with E-state index < -0.39 is 0 Å². The van der Waals surface area contributed by atoms with Gasteiger partial charge in [-0.05, 0) is 25.1 Å². The number of rotatable bonds is 5. The van der Waals surface area contributed by atoms with Crippen molar-refractivity contribution in [2.45, 2.75) is 26.7 Å². The first-order valence-corrected chi connectivity index (χ1v) is 7.67. The second-order valence-electron chi connectivity index (χ2n) is 5.35. The minimum atomic E-state index is 0.0713. The number of hydrogen-bond acceptors (Lipinski definition) is 5. The molecule has 6 heteroatoms. The molecule has 0 bridgehead atoms. The van der Waals surface area contributed by atoms with Crippen molar-refractivity contribution >= 4 is 11.7 Å². The average molecular weight is 291 g/mol. The summed E-state index contributed by atoms with van der Waals surface area (Å²) < 4.78 is 0. The normalized spacial score (nSPS) is 16.0. The molecule has 1 saturated heterocycles. The largest absolute Gasteiger partial charge is 0.336 e. The maximum absolute atomic E-state index is 12.6. The Balaban J connectivity index is 2.13. The lowest BCUT2D eigenvalue weighted by molar-refractivity contribution is 0.0643. The van der Waals surface area contributed by atoms with Crippen molar-refractivity contribution in [2.75, 3.05) is 38.1 Å². The van der Waals surface area contributed by atoms with Crippen LogP contribution in [0.1, 0.15) is 36.3 Å². The van der Waals surface area contributed by atoms with E-state index >= 15 is 0 Å². The van der Waals surface area contributed by atoms with E-state index in [0.29, 0.717) is 11.4 Å². The molecule has 1 aliphatic rings. The third-order valence-corrected chi connectivity index (χ3v) is 3.89. The number of hydrazine groups is 1. The molecular weight excluding hydrogens is 266 g/mol. The van der Waals surface area contributed by atoms with Gasteiger partial charge in [-0.3, -0.25) is 4.79 Å². The second kappa shape index (κ2) is 7.38. The minimum absolute atomic E-state index is 0.0713. The topological polar surface area (TPSA) is 74.5 Å². The molecule has 0 aromatic carbocycles. The fourth-order valence-electron chi connectivity index (χ4n) is 2.62. The van der Waals surface area contributed by atoms with E-state index in [2.05, 4.69) is 29.2 Å². The van der Waals surface area contributed by atoms with Gasteiger partial charge in [0.25, 0.3) is 5.91 Å². The molecule has 0 aliphatic carbocycles. The van der Waals surface area contributed by atoms with Gasteiger partial charge >= 0.3 is 0 Å². The van der Waals surface area contributed by atoms with Gasteiger partial charge in [-0.15, -0.1) is 0 Å². The van der Waals surface area contributed by atoms with Crippen molar-refractivity contribution in [3.63, 3.8) is 0 Å². The summed E-state index contributed by atoms with van der Waals surface area (Å²) >= 11 is 0. The first-order chi connectivity index (χ1) is 10.2. The second-order valence-corrected chi connectivity index (χ2v) is 5.35. The predicted octanol–water partition coefficient (Wildman–Crippen LogP) is 1.10. The van der Waals surface area contributed by atoms with E-state index in [9.17, 15) is 4.79 Å². The van der Waals surface area contributed by atoms with Crippen LogP contribution < -0.4 is 11.3 Å². The molecule has 1 fully saturated rings. The number of hydrogen-bond donors (Lipinski definition) is 2. The summed E-state index contributed by atoms with van der Waals surface area (Å²) in [6, 6.07) is 3.62. The Morgan fingerprint density at radius 2 is 2.00 bits per heavy atom. The van der Waals surface area contributed by atoms with Crippen molar-refractivity contribution in [2.24, 2.45) is 5.84 Å². The maximum Gasteiger partial charge on any atom is 0.254 e. The number of pyridine rings is 1. The first kappa shape index (κ1) is 15.7.